The lowest BCUT2D eigenvalue weighted by atomic mass is 10.2. The third-order valence-electron chi connectivity index (χ3n) is 3.90. The summed E-state index contributed by atoms with van der Waals surface area (Å²) in [5.74, 6) is 2.75. The lowest BCUT2D eigenvalue weighted by molar-refractivity contribution is 0.174. The summed E-state index contributed by atoms with van der Waals surface area (Å²) in [6.45, 7) is 1.30. The summed E-state index contributed by atoms with van der Waals surface area (Å²) in [5.41, 5.74) is 1.89. The predicted octanol–water partition coefficient (Wildman–Crippen LogP) is 2.80. The Bertz CT molecular complexity index is 907. The summed E-state index contributed by atoms with van der Waals surface area (Å²) < 4.78 is 10.7. The first-order valence-corrected chi connectivity index (χ1v) is 8.07. The zero-order valence-corrected chi connectivity index (χ0v) is 14.8. The van der Waals surface area contributed by atoms with Gasteiger partial charge < -0.3 is 25.2 Å². The van der Waals surface area contributed by atoms with Gasteiger partial charge >= 0.3 is 0 Å². The van der Waals surface area contributed by atoms with Crippen molar-refractivity contribution >= 4 is 35.1 Å². The van der Waals surface area contributed by atoms with Gasteiger partial charge in [-0.05, 0) is 29.8 Å². The summed E-state index contributed by atoms with van der Waals surface area (Å²) in [6, 6.07) is 13.6. The minimum absolute atomic E-state index is 0. The SMILES string of the molecule is Cl.OCCNc1nc(NCc2ccc3c(c2)OCO3)nc2ccccc12. The number of halogens is 1. The number of para-hydroxylation sites is 1. The van der Waals surface area contributed by atoms with Crippen molar-refractivity contribution in [3.05, 3.63) is 48.0 Å². The predicted molar refractivity (Wildman–Crippen MR) is 102 cm³/mol. The zero-order chi connectivity index (χ0) is 17.1. The number of rotatable bonds is 6. The molecule has 0 aliphatic carbocycles. The van der Waals surface area contributed by atoms with Gasteiger partial charge in [0.05, 0.1) is 12.1 Å². The number of nitrogens with zero attached hydrogens (tertiary/aromatic N) is 2. The average Bonchev–Trinajstić information content (AvgIpc) is 3.12. The van der Waals surface area contributed by atoms with Crippen molar-refractivity contribution in [1.82, 2.24) is 9.97 Å². The average molecular weight is 375 g/mol. The first-order valence-electron chi connectivity index (χ1n) is 8.07. The van der Waals surface area contributed by atoms with Crippen molar-refractivity contribution in [3.63, 3.8) is 0 Å². The molecule has 0 unspecified atom stereocenters. The van der Waals surface area contributed by atoms with E-state index in [1.807, 2.05) is 42.5 Å². The first kappa shape index (κ1) is 18.0. The number of nitrogens with one attached hydrogen (secondary N) is 2. The summed E-state index contributed by atoms with van der Waals surface area (Å²) in [4.78, 5) is 9.08. The van der Waals surface area contributed by atoms with Crippen molar-refractivity contribution in [3.8, 4) is 11.5 Å². The largest absolute Gasteiger partial charge is 0.454 e. The number of hydrogen-bond acceptors (Lipinski definition) is 7. The molecule has 0 bridgehead atoms. The smallest absolute Gasteiger partial charge is 0.231 e. The number of anilines is 2. The Kier molecular flexibility index (Phi) is 5.60. The highest BCUT2D eigenvalue weighted by molar-refractivity contribution is 5.90. The molecule has 1 aliphatic rings. The maximum atomic E-state index is 9.05. The molecule has 0 atom stereocenters. The van der Waals surface area contributed by atoms with E-state index in [0.717, 1.165) is 28.0 Å². The molecule has 0 amide bonds. The summed E-state index contributed by atoms with van der Waals surface area (Å²) in [6.07, 6.45) is 0. The van der Waals surface area contributed by atoms with Crippen molar-refractivity contribution < 1.29 is 14.6 Å². The molecule has 3 aromatic rings. The van der Waals surface area contributed by atoms with Crippen molar-refractivity contribution in [2.24, 2.45) is 0 Å². The number of hydrogen-bond donors (Lipinski definition) is 3. The molecule has 8 heteroatoms. The van der Waals surface area contributed by atoms with Gasteiger partial charge in [0.1, 0.15) is 5.82 Å². The van der Waals surface area contributed by atoms with E-state index in [-0.39, 0.29) is 25.8 Å². The normalized spacial score (nSPS) is 11.9. The van der Waals surface area contributed by atoms with E-state index >= 15 is 0 Å². The molecule has 0 radical (unpaired) electrons. The number of fused-ring (bicyclic) bond motifs is 2. The number of ether oxygens (including phenoxy) is 2. The number of aliphatic hydroxyl groups is 1. The molecule has 0 fully saturated rings. The molecule has 26 heavy (non-hydrogen) atoms. The molecule has 4 rings (SSSR count). The highest BCUT2D eigenvalue weighted by atomic mass is 35.5. The van der Waals surface area contributed by atoms with Crippen LogP contribution < -0.4 is 20.1 Å². The topological polar surface area (TPSA) is 88.5 Å². The molecule has 2 heterocycles. The van der Waals surface area contributed by atoms with Crippen molar-refractivity contribution in [1.29, 1.82) is 0 Å². The fraction of sp³-hybridized carbons (Fsp3) is 0.222. The Morgan fingerprint density at radius 2 is 1.85 bits per heavy atom. The van der Waals surface area contributed by atoms with E-state index in [1.165, 1.54) is 0 Å². The molecule has 7 nitrogen and oxygen atoms in total. The molecule has 1 aromatic heterocycles. The lowest BCUT2D eigenvalue weighted by Gasteiger charge is -2.11. The standard InChI is InChI=1S/C18H18N4O3.ClH/c23-8-7-19-17-13-3-1-2-4-14(13)21-18(22-17)20-10-12-5-6-15-16(9-12)25-11-24-15;/h1-6,9,23H,7-8,10-11H2,(H2,19,20,21,22);1H. The Labute approximate surface area is 156 Å². The maximum Gasteiger partial charge on any atom is 0.231 e. The van der Waals surface area contributed by atoms with Crippen LogP contribution in [-0.4, -0.2) is 35.0 Å². The van der Waals surface area contributed by atoms with Crippen LogP contribution in [0.2, 0.25) is 0 Å². The minimum Gasteiger partial charge on any atom is -0.454 e. The van der Waals surface area contributed by atoms with Crippen LogP contribution in [0, 0.1) is 0 Å². The van der Waals surface area contributed by atoms with Crippen LogP contribution in [0.5, 0.6) is 11.5 Å². The Balaban J connectivity index is 0.00000196. The fourth-order valence-electron chi connectivity index (χ4n) is 2.70. The minimum atomic E-state index is 0. The number of benzene rings is 2. The van der Waals surface area contributed by atoms with Crippen LogP contribution in [0.4, 0.5) is 11.8 Å². The lowest BCUT2D eigenvalue weighted by Crippen LogP contribution is -2.10. The highest BCUT2D eigenvalue weighted by Crippen LogP contribution is 2.32. The van der Waals surface area contributed by atoms with Gasteiger partial charge in [0.2, 0.25) is 12.7 Å². The fourth-order valence-corrected chi connectivity index (χ4v) is 2.70. The van der Waals surface area contributed by atoms with E-state index in [4.69, 9.17) is 14.6 Å². The van der Waals surface area contributed by atoms with Gasteiger partial charge in [-0.1, -0.05) is 18.2 Å². The van der Waals surface area contributed by atoms with Gasteiger partial charge in [-0.25, -0.2) is 4.98 Å². The summed E-state index contributed by atoms with van der Waals surface area (Å²) in [7, 11) is 0. The van der Waals surface area contributed by atoms with Crippen molar-refractivity contribution in [2.75, 3.05) is 30.6 Å². The second-order valence-corrected chi connectivity index (χ2v) is 5.60. The Morgan fingerprint density at radius 3 is 2.73 bits per heavy atom. The molecule has 2 aromatic carbocycles. The van der Waals surface area contributed by atoms with E-state index in [1.54, 1.807) is 0 Å². The van der Waals surface area contributed by atoms with Crippen LogP contribution in [0.25, 0.3) is 10.9 Å². The number of aliphatic hydroxyl groups excluding tert-OH is 1. The molecule has 1 aliphatic heterocycles. The quantitative estimate of drug-likeness (QED) is 0.611. The van der Waals surface area contributed by atoms with E-state index in [2.05, 4.69) is 20.6 Å². The van der Waals surface area contributed by atoms with Crippen LogP contribution in [-0.2, 0) is 6.54 Å². The second-order valence-electron chi connectivity index (χ2n) is 5.60. The molecule has 136 valence electrons. The Morgan fingerprint density at radius 1 is 1.00 bits per heavy atom. The van der Waals surface area contributed by atoms with E-state index in [9.17, 15) is 0 Å². The van der Waals surface area contributed by atoms with Gasteiger partial charge in [0.15, 0.2) is 11.5 Å². The highest BCUT2D eigenvalue weighted by Gasteiger charge is 2.13. The second kappa shape index (κ2) is 8.07. The molecule has 0 saturated heterocycles. The van der Waals surface area contributed by atoms with Crippen LogP contribution >= 0.6 is 12.4 Å². The maximum absolute atomic E-state index is 9.05. The van der Waals surface area contributed by atoms with E-state index in [0.29, 0.717) is 24.9 Å². The third-order valence-corrected chi connectivity index (χ3v) is 3.90. The van der Waals surface area contributed by atoms with Gasteiger partial charge in [0.25, 0.3) is 0 Å². The van der Waals surface area contributed by atoms with Gasteiger partial charge in [-0.15, -0.1) is 12.4 Å². The van der Waals surface area contributed by atoms with Crippen molar-refractivity contribution in [2.45, 2.75) is 6.54 Å². The van der Waals surface area contributed by atoms with Gasteiger partial charge in [0, 0.05) is 18.5 Å². The van der Waals surface area contributed by atoms with E-state index < -0.39 is 0 Å². The summed E-state index contributed by atoms with van der Waals surface area (Å²) in [5, 5.41) is 16.3. The monoisotopic (exact) mass is 374 g/mol. The zero-order valence-electron chi connectivity index (χ0n) is 13.9. The first-order chi connectivity index (χ1) is 12.3. The molecular weight excluding hydrogens is 356 g/mol. The molecule has 0 spiro atoms. The molecule has 3 N–H and O–H groups in total. The number of aromatic nitrogens is 2. The van der Waals surface area contributed by atoms with Gasteiger partial charge in [-0.3, -0.25) is 0 Å². The molecule has 0 saturated carbocycles. The third kappa shape index (κ3) is 3.74. The van der Waals surface area contributed by atoms with Gasteiger partial charge in [-0.2, -0.15) is 4.98 Å². The molecular formula is C18H19ClN4O3. The van der Waals surface area contributed by atoms with Crippen LogP contribution in [0.3, 0.4) is 0 Å². The summed E-state index contributed by atoms with van der Waals surface area (Å²) >= 11 is 0. The Hall–Kier alpha value is -2.77. The van der Waals surface area contributed by atoms with Crippen LogP contribution in [0.1, 0.15) is 5.56 Å². The van der Waals surface area contributed by atoms with Crippen LogP contribution in [0.15, 0.2) is 42.5 Å².